The van der Waals surface area contributed by atoms with Crippen LogP contribution in [0.2, 0.25) is 0 Å². The van der Waals surface area contributed by atoms with Crippen molar-refractivity contribution in [3.05, 3.63) is 84.6 Å². The number of nitrogens with zero attached hydrogens (tertiary/aromatic N) is 2. The van der Waals surface area contributed by atoms with Crippen LogP contribution in [0.5, 0.6) is 5.75 Å². The number of fused-ring (bicyclic) bond motifs is 3. The lowest BCUT2D eigenvalue weighted by Gasteiger charge is -2.04. The summed E-state index contributed by atoms with van der Waals surface area (Å²) in [5.41, 5.74) is 7.04. The Balaban J connectivity index is 1.50. The van der Waals surface area contributed by atoms with Crippen LogP contribution in [0.1, 0.15) is 5.56 Å². The van der Waals surface area contributed by atoms with Gasteiger partial charge in [0.25, 0.3) is 0 Å². The third kappa shape index (κ3) is 2.40. The van der Waals surface area contributed by atoms with Crippen molar-refractivity contribution in [3.63, 3.8) is 0 Å². The predicted octanol–water partition coefficient (Wildman–Crippen LogP) is 5.25. The summed E-state index contributed by atoms with van der Waals surface area (Å²) < 4.78 is 7.58. The molecule has 3 heteroatoms. The second-order valence-electron chi connectivity index (χ2n) is 6.54. The Labute approximate surface area is 152 Å². The molecule has 2 heterocycles. The van der Waals surface area contributed by atoms with E-state index >= 15 is 0 Å². The van der Waals surface area contributed by atoms with Crippen molar-refractivity contribution in [2.75, 3.05) is 7.11 Å². The monoisotopic (exact) mass is 338 g/mol. The van der Waals surface area contributed by atoms with Crippen molar-refractivity contribution < 1.29 is 4.74 Å². The van der Waals surface area contributed by atoms with E-state index in [0.29, 0.717) is 0 Å². The molecule has 0 atom stereocenters. The van der Waals surface area contributed by atoms with Crippen molar-refractivity contribution in [2.45, 2.75) is 6.54 Å². The van der Waals surface area contributed by atoms with Crippen LogP contribution >= 0.6 is 0 Å². The van der Waals surface area contributed by atoms with Gasteiger partial charge in [0, 0.05) is 23.9 Å². The van der Waals surface area contributed by atoms with Gasteiger partial charge in [0.05, 0.1) is 12.8 Å². The zero-order chi connectivity index (χ0) is 17.5. The number of hydrogen-bond donors (Lipinski definition) is 0. The van der Waals surface area contributed by atoms with Gasteiger partial charge in [-0.1, -0.05) is 60.7 Å². The highest BCUT2D eigenvalue weighted by Crippen LogP contribution is 2.36. The molecule has 0 saturated heterocycles. The van der Waals surface area contributed by atoms with E-state index in [-0.39, 0.29) is 0 Å². The molecule has 0 bridgehead atoms. The third-order valence-electron chi connectivity index (χ3n) is 4.96. The summed E-state index contributed by atoms with van der Waals surface area (Å²) in [4.78, 5) is 4.89. The molecule has 0 fully saturated rings. The van der Waals surface area contributed by atoms with E-state index in [4.69, 9.17) is 9.72 Å². The number of aromatic nitrogens is 2. The molecule has 5 rings (SSSR count). The summed E-state index contributed by atoms with van der Waals surface area (Å²) in [6.45, 7) is 0.865. The van der Waals surface area contributed by atoms with Gasteiger partial charge in [-0.15, -0.1) is 0 Å². The Hall–Kier alpha value is -3.33. The molecule has 0 spiro atoms. The highest BCUT2D eigenvalue weighted by Gasteiger charge is 2.22. The minimum atomic E-state index is 0.865. The normalized spacial score (nSPS) is 11.9. The quantitative estimate of drug-likeness (QED) is 0.449. The van der Waals surface area contributed by atoms with Crippen LogP contribution in [0.25, 0.3) is 33.8 Å². The maximum absolute atomic E-state index is 5.36. The molecule has 126 valence electrons. The van der Waals surface area contributed by atoms with E-state index in [1.807, 2.05) is 12.1 Å². The van der Waals surface area contributed by atoms with Crippen LogP contribution in [0.15, 0.2) is 79.0 Å². The molecule has 1 aliphatic rings. The van der Waals surface area contributed by atoms with Crippen LogP contribution in [0.3, 0.4) is 0 Å². The first-order chi connectivity index (χ1) is 12.8. The average molecular weight is 338 g/mol. The molecule has 0 N–H and O–H groups in total. The summed E-state index contributed by atoms with van der Waals surface area (Å²) >= 11 is 0. The lowest BCUT2D eigenvalue weighted by molar-refractivity contribution is 0.415. The van der Waals surface area contributed by atoms with Crippen molar-refractivity contribution in [1.29, 1.82) is 0 Å². The minimum Gasteiger partial charge on any atom is -0.497 e. The van der Waals surface area contributed by atoms with Gasteiger partial charge in [0.15, 0.2) is 0 Å². The van der Waals surface area contributed by atoms with E-state index in [1.165, 1.54) is 16.7 Å². The molecule has 0 aliphatic carbocycles. The maximum atomic E-state index is 5.36. The molecule has 26 heavy (non-hydrogen) atoms. The minimum absolute atomic E-state index is 0.865. The topological polar surface area (TPSA) is 27.1 Å². The molecule has 3 nitrogen and oxygen atoms in total. The molecular formula is C23H18N2O. The number of methoxy groups -OCH3 is 1. The Kier molecular flexibility index (Phi) is 3.39. The van der Waals surface area contributed by atoms with Gasteiger partial charge in [0.2, 0.25) is 0 Å². The average Bonchev–Trinajstić information content (AvgIpc) is 3.26. The van der Waals surface area contributed by atoms with Crippen LogP contribution in [0.4, 0.5) is 0 Å². The predicted molar refractivity (Wildman–Crippen MR) is 104 cm³/mol. The first-order valence-corrected chi connectivity index (χ1v) is 8.72. The number of rotatable bonds is 3. The second-order valence-corrected chi connectivity index (χ2v) is 6.54. The van der Waals surface area contributed by atoms with Crippen LogP contribution in [-0.4, -0.2) is 16.7 Å². The van der Waals surface area contributed by atoms with Gasteiger partial charge in [-0.2, -0.15) is 0 Å². The van der Waals surface area contributed by atoms with Gasteiger partial charge < -0.3 is 9.30 Å². The Morgan fingerprint density at radius 2 is 1.58 bits per heavy atom. The molecule has 3 aromatic carbocycles. The fraction of sp³-hybridized carbons (Fsp3) is 0.0870. The van der Waals surface area contributed by atoms with Crippen molar-refractivity contribution in [1.82, 2.24) is 9.55 Å². The number of hydrogen-bond acceptors (Lipinski definition) is 2. The zero-order valence-electron chi connectivity index (χ0n) is 14.5. The summed E-state index contributed by atoms with van der Waals surface area (Å²) in [7, 11) is 1.70. The standard InChI is InChI=1S/C23H18N2O/c1-26-20-12-11-19-14-25-15-22(24-23(25)21(19)13-20)18-9-7-17(8-10-18)16-5-3-2-4-6-16/h2-13,15H,14H2,1H3. The van der Waals surface area contributed by atoms with Gasteiger partial charge >= 0.3 is 0 Å². The van der Waals surface area contributed by atoms with E-state index in [2.05, 4.69) is 71.4 Å². The van der Waals surface area contributed by atoms with Crippen molar-refractivity contribution in [2.24, 2.45) is 0 Å². The highest BCUT2D eigenvalue weighted by atomic mass is 16.5. The molecule has 0 radical (unpaired) electrons. The fourth-order valence-corrected chi connectivity index (χ4v) is 3.57. The van der Waals surface area contributed by atoms with E-state index in [9.17, 15) is 0 Å². The number of imidazole rings is 1. The second kappa shape index (κ2) is 5.88. The molecule has 1 aromatic heterocycles. The van der Waals surface area contributed by atoms with Gasteiger partial charge in [-0.05, 0) is 28.8 Å². The smallest absolute Gasteiger partial charge is 0.141 e. The first-order valence-electron chi connectivity index (χ1n) is 8.72. The van der Waals surface area contributed by atoms with Gasteiger partial charge in [-0.3, -0.25) is 0 Å². The van der Waals surface area contributed by atoms with Crippen LogP contribution in [-0.2, 0) is 6.54 Å². The van der Waals surface area contributed by atoms with Crippen LogP contribution in [0, 0.1) is 0 Å². The van der Waals surface area contributed by atoms with E-state index in [1.54, 1.807) is 7.11 Å². The molecular weight excluding hydrogens is 320 g/mol. The third-order valence-corrected chi connectivity index (χ3v) is 4.96. The Morgan fingerprint density at radius 3 is 2.35 bits per heavy atom. The highest BCUT2D eigenvalue weighted by molar-refractivity contribution is 5.73. The summed E-state index contributed by atoms with van der Waals surface area (Å²) in [5.74, 6) is 1.88. The van der Waals surface area contributed by atoms with Gasteiger partial charge in [-0.25, -0.2) is 4.98 Å². The maximum Gasteiger partial charge on any atom is 0.141 e. The SMILES string of the molecule is COc1ccc2c(c1)-c1nc(-c3ccc(-c4ccccc4)cc3)cn1C2. The summed E-state index contributed by atoms with van der Waals surface area (Å²) in [6.07, 6.45) is 2.14. The zero-order valence-corrected chi connectivity index (χ0v) is 14.5. The molecule has 0 saturated carbocycles. The number of benzene rings is 3. The Morgan fingerprint density at radius 1 is 0.846 bits per heavy atom. The van der Waals surface area contributed by atoms with E-state index in [0.717, 1.165) is 34.9 Å². The summed E-state index contributed by atoms with van der Waals surface area (Å²) in [6, 6.07) is 25.2. The van der Waals surface area contributed by atoms with Crippen LogP contribution < -0.4 is 4.74 Å². The number of ether oxygens (including phenoxy) is 1. The van der Waals surface area contributed by atoms with Crippen molar-refractivity contribution >= 4 is 0 Å². The molecule has 1 aliphatic heterocycles. The Bertz CT molecular complexity index is 1080. The first kappa shape index (κ1) is 15.0. The summed E-state index contributed by atoms with van der Waals surface area (Å²) in [5, 5.41) is 0. The largest absolute Gasteiger partial charge is 0.497 e. The van der Waals surface area contributed by atoms with Crippen molar-refractivity contribution in [3.8, 4) is 39.5 Å². The van der Waals surface area contributed by atoms with Gasteiger partial charge in [0.1, 0.15) is 11.6 Å². The molecule has 0 amide bonds. The fourth-order valence-electron chi connectivity index (χ4n) is 3.57. The molecule has 4 aromatic rings. The molecule has 0 unspecified atom stereocenters. The lowest BCUT2D eigenvalue weighted by Crippen LogP contribution is -1.89. The van der Waals surface area contributed by atoms with E-state index < -0.39 is 0 Å². The lowest BCUT2D eigenvalue weighted by atomic mass is 10.0.